The van der Waals surface area contributed by atoms with E-state index in [-0.39, 0.29) is 17.9 Å². The van der Waals surface area contributed by atoms with Gasteiger partial charge in [0.05, 0.1) is 5.92 Å². The number of hydrogen-bond donors (Lipinski definition) is 1. The number of carbonyl (C=O) groups excluding carboxylic acids is 2. The Morgan fingerprint density at radius 3 is 2.28 bits per heavy atom. The number of rotatable bonds is 4. The van der Waals surface area contributed by atoms with Crippen LogP contribution in [0.5, 0.6) is 0 Å². The minimum absolute atomic E-state index is 0.0132. The lowest BCUT2D eigenvalue weighted by Gasteiger charge is -2.42. The van der Waals surface area contributed by atoms with Gasteiger partial charge in [-0.25, -0.2) is 0 Å². The van der Waals surface area contributed by atoms with Gasteiger partial charge in [0.2, 0.25) is 11.8 Å². The van der Waals surface area contributed by atoms with E-state index in [0.29, 0.717) is 32.0 Å². The van der Waals surface area contributed by atoms with E-state index in [9.17, 15) is 22.8 Å². The maximum absolute atomic E-state index is 12.3. The number of carbonyl (C=O) groups is 2. The monoisotopic (exact) mass is 361 g/mol. The lowest BCUT2D eigenvalue weighted by Crippen LogP contribution is -2.52. The van der Waals surface area contributed by atoms with Crippen LogP contribution in [0.4, 0.5) is 13.2 Å². The van der Waals surface area contributed by atoms with E-state index < -0.39 is 18.5 Å². The van der Waals surface area contributed by atoms with Crippen molar-refractivity contribution in [2.75, 3.05) is 26.2 Å². The minimum Gasteiger partial charge on any atom is -0.353 e. The fourth-order valence-corrected chi connectivity index (χ4v) is 3.86. The number of nitrogens with one attached hydrogen (secondary N) is 1. The van der Waals surface area contributed by atoms with Crippen LogP contribution in [0.3, 0.4) is 0 Å². The molecule has 2 saturated heterocycles. The topological polar surface area (TPSA) is 52.7 Å². The zero-order valence-electron chi connectivity index (χ0n) is 14.4. The smallest absolute Gasteiger partial charge is 0.353 e. The maximum atomic E-state index is 12.3. The van der Waals surface area contributed by atoms with Crippen LogP contribution in [-0.4, -0.2) is 66.1 Å². The van der Waals surface area contributed by atoms with Crippen molar-refractivity contribution in [3.63, 3.8) is 0 Å². The molecule has 142 valence electrons. The second-order valence-corrected chi connectivity index (χ2v) is 7.52. The summed E-state index contributed by atoms with van der Waals surface area (Å²) in [7, 11) is 0. The first-order chi connectivity index (χ1) is 11.8. The Bertz CT molecular complexity index is 500. The van der Waals surface area contributed by atoms with Crippen molar-refractivity contribution in [1.82, 2.24) is 15.1 Å². The summed E-state index contributed by atoms with van der Waals surface area (Å²) >= 11 is 0. The summed E-state index contributed by atoms with van der Waals surface area (Å²) < 4.78 is 37.0. The van der Waals surface area contributed by atoms with Crippen molar-refractivity contribution in [3.05, 3.63) is 0 Å². The number of amides is 2. The SMILES string of the molecule is O=C(NC1CC1)C1CCCN(C2CCN(C(=O)CC(F)(F)F)CC2)C1. The molecule has 1 unspecified atom stereocenters. The first kappa shape index (κ1) is 18.5. The average molecular weight is 361 g/mol. The van der Waals surface area contributed by atoms with Gasteiger partial charge < -0.3 is 10.2 Å². The minimum atomic E-state index is -4.44. The van der Waals surface area contributed by atoms with Crippen molar-refractivity contribution in [1.29, 1.82) is 0 Å². The van der Waals surface area contributed by atoms with Gasteiger partial charge in [0.1, 0.15) is 6.42 Å². The predicted molar refractivity (Wildman–Crippen MR) is 85.7 cm³/mol. The van der Waals surface area contributed by atoms with E-state index in [1.54, 1.807) is 0 Å². The summed E-state index contributed by atoms with van der Waals surface area (Å²) in [6.45, 7) is 2.39. The molecular formula is C17H26F3N3O2. The van der Waals surface area contributed by atoms with E-state index in [4.69, 9.17) is 0 Å². The lowest BCUT2D eigenvalue weighted by molar-refractivity contribution is -0.162. The number of piperidine rings is 2. The molecule has 3 rings (SSSR count). The van der Waals surface area contributed by atoms with Crippen LogP contribution >= 0.6 is 0 Å². The number of halogens is 3. The number of hydrogen-bond acceptors (Lipinski definition) is 3. The molecule has 0 bridgehead atoms. The molecule has 3 aliphatic rings. The van der Waals surface area contributed by atoms with Crippen molar-refractivity contribution < 1.29 is 22.8 Å². The Morgan fingerprint density at radius 1 is 1.00 bits per heavy atom. The third kappa shape index (κ3) is 5.33. The zero-order chi connectivity index (χ0) is 18.0. The highest BCUT2D eigenvalue weighted by atomic mass is 19.4. The Hall–Kier alpha value is -1.31. The zero-order valence-corrected chi connectivity index (χ0v) is 14.4. The van der Waals surface area contributed by atoms with Gasteiger partial charge in [0.25, 0.3) is 0 Å². The van der Waals surface area contributed by atoms with E-state index in [2.05, 4.69) is 10.2 Å². The second kappa shape index (κ2) is 7.51. The first-order valence-corrected chi connectivity index (χ1v) is 9.21. The molecule has 3 fully saturated rings. The molecule has 2 heterocycles. The highest BCUT2D eigenvalue weighted by Gasteiger charge is 2.37. The summed E-state index contributed by atoms with van der Waals surface area (Å²) in [6, 6.07) is 0.622. The Kier molecular flexibility index (Phi) is 5.55. The standard InChI is InChI=1S/C17H26F3N3O2/c18-17(19,20)10-15(24)22-8-5-14(6-9-22)23-7-1-2-12(11-23)16(25)21-13-3-4-13/h12-14H,1-11H2,(H,21,25). The van der Waals surface area contributed by atoms with Crippen LogP contribution < -0.4 is 5.32 Å². The molecule has 0 aromatic rings. The van der Waals surface area contributed by atoms with Gasteiger partial charge in [0, 0.05) is 31.7 Å². The third-order valence-electron chi connectivity index (χ3n) is 5.43. The summed E-state index contributed by atoms with van der Waals surface area (Å²) in [6.07, 6.45) is -0.429. The van der Waals surface area contributed by atoms with Gasteiger partial charge in [-0.1, -0.05) is 0 Å². The van der Waals surface area contributed by atoms with E-state index in [1.807, 2.05) is 0 Å². The summed E-state index contributed by atoms with van der Waals surface area (Å²) in [5.41, 5.74) is 0. The van der Waals surface area contributed by atoms with E-state index in [1.165, 1.54) is 4.90 Å². The average Bonchev–Trinajstić information content (AvgIpc) is 3.37. The van der Waals surface area contributed by atoms with E-state index >= 15 is 0 Å². The molecule has 5 nitrogen and oxygen atoms in total. The van der Waals surface area contributed by atoms with Crippen LogP contribution in [0.1, 0.15) is 44.9 Å². The van der Waals surface area contributed by atoms with Crippen LogP contribution in [0, 0.1) is 5.92 Å². The largest absolute Gasteiger partial charge is 0.397 e. The summed E-state index contributed by atoms with van der Waals surface area (Å²) in [5.74, 6) is -0.671. The maximum Gasteiger partial charge on any atom is 0.397 e. The molecular weight excluding hydrogens is 335 g/mol. The quantitative estimate of drug-likeness (QED) is 0.832. The Labute approximate surface area is 145 Å². The van der Waals surface area contributed by atoms with Gasteiger partial charge >= 0.3 is 6.18 Å². The van der Waals surface area contributed by atoms with Crippen LogP contribution in [0.25, 0.3) is 0 Å². The molecule has 1 N–H and O–H groups in total. The van der Waals surface area contributed by atoms with Crippen molar-refractivity contribution in [3.8, 4) is 0 Å². The van der Waals surface area contributed by atoms with Gasteiger partial charge in [-0.15, -0.1) is 0 Å². The van der Waals surface area contributed by atoms with Crippen LogP contribution in [0.2, 0.25) is 0 Å². The van der Waals surface area contributed by atoms with Crippen molar-refractivity contribution in [2.24, 2.45) is 5.92 Å². The molecule has 8 heteroatoms. The summed E-state index contributed by atoms with van der Waals surface area (Å²) in [5, 5.41) is 3.07. The molecule has 0 aromatic heterocycles. The predicted octanol–water partition coefficient (Wildman–Crippen LogP) is 1.92. The third-order valence-corrected chi connectivity index (χ3v) is 5.43. The first-order valence-electron chi connectivity index (χ1n) is 9.21. The van der Waals surface area contributed by atoms with Gasteiger partial charge in [-0.2, -0.15) is 13.2 Å². The summed E-state index contributed by atoms with van der Waals surface area (Å²) in [4.78, 5) is 27.6. The fourth-order valence-electron chi connectivity index (χ4n) is 3.86. The number of nitrogens with zero attached hydrogens (tertiary/aromatic N) is 2. The fraction of sp³-hybridized carbons (Fsp3) is 0.882. The van der Waals surface area contributed by atoms with E-state index in [0.717, 1.165) is 38.8 Å². The van der Waals surface area contributed by atoms with Crippen molar-refractivity contribution >= 4 is 11.8 Å². The van der Waals surface area contributed by atoms with Crippen LogP contribution in [0.15, 0.2) is 0 Å². The van der Waals surface area contributed by atoms with Crippen LogP contribution in [-0.2, 0) is 9.59 Å². The molecule has 0 spiro atoms. The highest BCUT2D eigenvalue weighted by molar-refractivity contribution is 5.79. The molecule has 0 radical (unpaired) electrons. The molecule has 0 aromatic carbocycles. The number of alkyl halides is 3. The number of likely N-dealkylation sites (tertiary alicyclic amines) is 2. The second-order valence-electron chi connectivity index (χ2n) is 7.52. The molecule has 1 aliphatic carbocycles. The molecule has 25 heavy (non-hydrogen) atoms. The molecule has 2 aliphatic heterocycles. The van der Waals surface area contributed by atoms with Gasteiger partial charge in [0.15, 0.2) is 0 Å². The molecule has 1 saturated carbocycles. The Balaban J connectivity index is 1.45. The van der Waals surface area contributed by atoms with Crippen molar-refractivity contribution in [2.45, 2.75) is 63.2 Å². The molecule has 2 amide bonds. The molecule has 1 atom stereocenters. The highest BCUT2D eigenvalue weighted by Crippen LogP contribution is 2.27. The Morgan fingerprint density at radius 2 is 1.68 bits per heavy atom. The van der Waals surface area contributed by atoms with Gasteiger partial charge in [-0.05, 0) is 45.1 Å². The normalized spacial score (nSPS) is 26.5. The lowest BCUT2D eigenvalue weighted by atomic mass is 9.93. The van der Waals surface area contributed by atoms with Gasteiger partial charge in [-0.3, -0.25) is 14.5 Å².